The van der Waals surface area contributed by atoms with Crippen molar-refractivity contribution in [1.29, 1.82) is 0 Å². The lowest BCUT2D eigenvalue weighted by Crippen LogP contribution is -2.56. The van der Waals surface area contributed by atoms with Crippen LogP contribution < -0.4 is 0 Å². The number of quaternary nitrogens is 1. The summed E-state index contributed by atoms with van der Waals surface area (Å²) in [5, 5.41) is 0. The fourth-order valence-corrected chi connectivity index (χ4v) is 5.08. The molecule has 2 aromatic carbocycles. The van der Waals surface area contributed by atoms with E-state index in [4.69, 9.17) is 4.74 Å². The molecule has 3 atom stereocenters. The molecule has 0 aromatic heterocycles. The van der Waals surface area contributed by atoms with Crippen molar-refractivity contribution in [3.63, 3.8) is 0 Å². The van der Waals surface area contributed by atoms with E-state index in [2.05, 4.69) is 14.1 Å². The molecule has 2 nitrogen and oxygen atoms in total. The first-order valence-corrected chi connectivity index (χ1v) is 9.96. The van der Waals surface area contributed by atoms with Crippen LogP contribution in [0.25, 0.3) is 0 Å². The van der Waals surface area contributed by atoms with Crippen molar-refractivity contribution in [2.75, 3.05) is 14.1 Å². The van der Waals surface area contributed by atoms with E-state index in [9.17, 15) is 13.2 Å². The molecule has 3 unspecified atom stereocenters. The second-order valence-corrected chi connectivity index (χ2v) is 8.62. The standard InChI is InChI=1S/C23H27F3NO/c1-27(2)17-12-13-18(27)15-19(14-17)28-22(16-8-4-3-5-9-16)20-10-6-7-11-21(20)23(24,25)26/h3-11,17-19,22H,12-15H2,1-2H3/q+1. The minimum absolute atomic E-state index is 0.0184. The predicted molar refractivity (Wildman–Crippen MR) is 103 cm³/mol. The maximum Gasteiger partial charge on any atom is 0.416 e. The predicted octanol–water partition coefficient (Wildman–Crippen LogP) is 5.58. The van der Waals surface area contributed by atoms with Crippen LogP contribution in [0.1, 0.15) is 48.5 Å². The second-order valence-electron chi connectivity index (χ2n) is 8.62. The van der Waals surface area contributed by atoms with Gasteiger partial charge in [-0.2, -0.15) is 13.2 Å². The molecular weight excluding hydrogens is 363 g/mol. The monoisotopic (exact) mass is 390 g/mol. The van der Waals surface area contributed by atoms with Crippen LogP contribution in [0.2, 0.25) is 0 Å². The Morgan fingerprint density at radius 1 is 0.893 bits per heavy atom. The van der Waals surface area contributed by atoms with Crippen LogP contribution in [-0.2, 0) is 10.9 Å². The van der Waals surface area contributed by atoms with Crippen LogP contribution in [-0.4, -0.2) is 36.8 Å². The number of nitrogens with zero attached hydrogens (tertiary/aromatic N) is 1. The van der Waals surface area contributed by atoms with Gasteiger partial charge < -0.3 is 9.22 Å². The Balaban J connectivity index is 1.68. The van der Waals surface area contributed by atoms with Gasteiger partial charge in [-0.25, -0.2) is 0 Å². The van der Waals surface area contributed by atoms with Crippen LogP contribution in [0.15, 0.2) is 54.6 Å². The lowest BCUT2D eigenvalue weighted by molar-refractivity contribution is -0.931. The van der Waals surface area contributed by atoms with Crippen molar-refractivity contribution in [3.05, 3.63) is 71.3 Å². The van der Waals surface area contributed by atoms with E-state index in [1.54, 1.807) is 12.1 Å². The number of piperidine rings is 1. The molecule has 2 aliphatic rings. The SMILES string of the molecule is C[N+]1(C)C2CCC1CC(OC(c1ccccc1)c1ccccc1C(F)(F)F)C2. The Kier molecular flexibility index (Phi) is 5.00. The number of ether oxygens (including phenoxy) is 1. The first-order valence-electron chi connectivity index (χ1n) is 9.96. The Labute approximate surface area is 164 Å². The lowest BCUT2D eigenvalue weighted by atomic mass is 9.94. The van der Waals surface area contributed by atoms with Gasteiger partial charge in [0.15, 0.2) is 0 Å². The lowest BCUT2D eigenvalue weighted by Gasteiger charge is -2.44. The Bertz CT molecular complexity index is 802. The third-order valence-electron chi connectivity index (χ3n) is 6.76. The van der Waals surface area contributed by atoms with Crippen molar-refractivity contribution >= 4 is 0 Å². The number of rotatable bonds is 4. The van der Waals surface area contributed by atoms with Crippen molar-refractivity contribution in [3.8, 4) is 0 Å². The van der Waals surface area contributed by atoms with Gasteiger partial charge in [0.2, 0.25) is 0 Å². The molecule has 0 aliphatic carbocycles. The normalized spacial score (nSPS) is 27.5. The van der Waals surface area contributed by atoms with Gasteiger partial charge in [0.25, 0.3) is 0 Å². The molecule has 2 heterocycles. The highest BCUT2D eigenvalue weighted by atomic mass is 19.4. The zero-order valence-electron chi connectivity index (χ0n) is 16.3. The molecule has 0 N–H and O–H groups in total. The molecule has 5 heteroatoms. The van der Waals surface area contributed by atoms with Crippen LogP contribution in [0.5, 0.6) is 0 Å². The highest BCUT2D eigenvalue weighted by Crippen LogP contribution is 2.44. The van der Waals surface area contributed by atoms with Gasteiger partial charge >= 0.3 is 6.18 Å². The molecule has 4 rings (SSSR count). The topological polar surface area (TPSA) is 9.23 Å². The summed E-state index contributed by atoms with van der Waals surface area (Å²) >= 11 is 0. The molecule has 2 aromatic rings. The maximum atomic E-state index is 13.7. The summed E-state index contributed by atoms with van der Waals surface area (Å²) in [5.74, 6) is 0. The van der Waals surface area contributed by atoms with Gasteiger partial charge in [-0.15, -0.1) is 0 Å². The van der Waals surface area contributed by atoms with Gasteiger partial charge in [-0.1, -0.05) is 48.5 Å². The minimum atomic E-state index is -4.41. The third-order valence-corrected chi connectivity index (χ3v) is 6.76. The van der Waals surface area contributed by atoms with Crippen LogP contribution in [0, 0.1) is 0 Å². The van der Waals surface area contributed by atoms with Gasteiger partial charge in [0.05, 0.1) is 37.8 Å². The van der Waals surface area contributed by atoms with Crippen LogP contribution in [0.4, 0.5) is 13.2 Å². The highest BCUT2D eigenvalue weighted by molar-refractivity contribution is 5.37. The summed E-state index contributed by atoms with van der Waals surface area (Å²) in [5.41, 5.74) is 0.359. The summed E-state index contributed by atoms with van der Waals surface area (Å²) in [7, 11) is 4.54. The number of fused-ring (bicyclic) bond motifs is 2. The van der Waals surface area contributed by atoms with Crippen LogP contribution in [0.3, 0.4) is 0 Å². The maximum absolute atomic E-state index is 13.7. The number of halogens is 3. The van der Waals surface area contributed by atoms with Crippen molar-refractivity contribution in [2.45, 2.75) is 56.2 Å². The quantitative estimate of drug-likeness (QED) is 0.619. The Hall–Kier alpha value is -1.85. The minimum Gasteiger partial charge on any atom is -0.365 e. The molecule has 2 bridgehead atoms. The van der Waals surface area contributed by atoms with E-state index in [0.717, 1.165) is 29.0 Å². The summed E-state index contributed by atoms with van der Waals surface area (Å²) in [6, 6.07) is 16.2. The molecule has 0 amide bonds. The number of hydrogen-bond donors (Lipinski definition) is 0. The first-order chi connectivity index (χ1) is 13.3. The van der Waals surface area contributed by atoms with Crippen molar-refractivity contribution < 1.29 is 22.4 Å². The molecule has 0 spiro atoms. The van der Waals surface area contributed by atoms with Crippen molar-refractivity contribution in [2.24, 2.45) is 0 Å². The molecule has 150 valence electrons. The largest absolute Gasteiger partial charge is 0.416 e. The second kappa shape index (κ2) is 7.20. The average Bonchev–Trinajstić information content (AvgIpc) is 2.84. The first kappa shape index (κ1) is 19.5. The summed E-state index contributed by atoms with van der Waals surface area (Å²) in [6.45, 7) is 0. The zero-order chi connectivity index (χ0) is 19.9. The van der Waals surface area contributed by atoms with Crippen molar-refractivity contribution in [1.82, 2.24) is 0 Å². The molecule has 2 aliphatic heterocycles. The van der Waals surface area contributed by atoms with Gasteiger partial charge in [0, 0.05) is 25.7 Å². The van der Waals surface area contributed by atoms with E-state index in [1.165, 1.54) is 18.9 Å². The number of alkyl halides is 3. The van der Waals surface area contributed by atoms with E-state index in [1.807, 2.05) is 30.3 Å². The van der Waals surface area contributed by atoms with E-state index in [0.29, 0.717) is 12.1 Å². The van der Waals surface area contributed by atoms with E-state index >= 15 is 0 Å². The van der Waals surface area contributed by atoms with Crippen LogP contribution >= 0.6 is 0 Å². The summed E-state index contributed by atoms with van der Waals surface area (Å²) < 4.78 is 48.5. The smallest absolute Gasteiger partial charge is 0.365 e. The third kappa shape index (κ3) is 3.58. The fourth-order valence-electron chi connectivity index (χ4n) is 5.08. The molecule has 28 heavy (non-hydrogen) atoms. The highest BCUT2D eigenvalue weighted by Gasteiger charge is 2.50. The zero-order valence-corrected chi connectivity index (χ0v) is 16.3. The Morgan fingerprint density at radius 3 is 2.07 bits per heavy atom. The fraction of sp³-hybridized carbons (Fsp3) is 0.478. The number of benzene rings is 2. The summed E-state index contributed by atoms with van der Waals surface area (Å²) in [4.78, 5) is 0. The molecule has 2 saturated heterocycles. The molecule has 0 saturated carbocycles. The molecule has 2 fully saturated rings. The van der Waals surface area contributed by atoms with Gasteiger partial charge in [-0.05, 0) is 17.2 Å². The Morgan fingerprint density at radius 2 is 1.46 bits per heavy atom. The van der Waals surface area contributed by atoms with E-state index in [-0.39, 0.29) is 11.7 Å². The van der Waals surface area contributed by atoms with Gasteiger partial charge in [-0.3, -0.25) is 0 Å². The summed E-state index contributed by atoms with van der Waals surface area (Å²) in [6.07, 6.45) is -0.981. The molecule has 0 radical (unpaired) electrons. The van der Waals surface area contributed by atoms with Gasteiger partial charge in [0.1, 0.15) is 6.10 Å². The molecular formula is C23H27F3NO+. The van der Waals surface area contributed by atoms with E-state index < -0.39 is 17.8 Å². The number of hydrogen-bond acceptors (Lipinski definition) is 1. The average molecular weight is 390 g/mol.